The predicted octanol–water partition coefficient (Wildman–Crippen LogP) is 2.42. The van der Waals surface area contributed by atoms with E-state index in [4.69, 9.17) is 9.47 Å². The molecular formula is C15H19NO3. The first-order valence-electron chi connectivity index (χ1n) is 5.90. The van der Waals surface area contributed by atoms with E-state index in [0.29, 0.717) is 17.9 Å². The highest BCUT2D eigenvalue weighted by Gasteiger charge is 2.08. The molecule has 0 aromatic heterocycles. The number of rotatable bonds is 6. The summed E-state index contributed by atoms with van der Waals surface area (Å²) in [5.41, 5.74) is 1.51. The van der Waals surface area contributed by atoms with Crippen LogP contribution in [0, 0.1) is 0 Å². The number of methoxy groups -OCH3 is 2. The Kier molecular flexibility index (Phi) is 5.67. The highest BCUT2D eigenvalue weighted by Crippen LogP contribution is 2.11. The molecule has 0 aliphatic carbocycles. The quantitative estimate of drug-likeness (QED) is 0.486. The van der Waals surface area contributed by atoms with Crippen LogP contribution in [0.4, 0.5) is 0 Å². The number of hydrogen-bond donors (Lipinski definition) is 1. The summed E-state index contributed by atoms with van der Waals surface area (Å²) in [6.45, 7) is 5.75. The number of ether oxygens (including phenoxy) is 2. The van der Waals surface area contributed by atoms with Gasteiger partial charge in [-0.3, -0.25) is 4.79 Å². The van der Waals surface area contributed by atoms with Crippen LogP contribution in [0.3, 0.4) is 0 Å². The Labute approximate surface area is 113 Å². The first-order valence-corrected chi connectivity index (χ1v) is 5.90. The number of nitrogens with one attached hydrogen (secondary N) is 1. The van der Waals surface area contributed by atoms with Crippen molar-refractivity contribution < 1.29 is 14.3 Å². The van der Waals surface area contributed by atoms with E-state index < -0.39 is 0 Å². The first kappa shape index (κ1) is 14.8. The highest BCUT2D eigenvalue weighted by atomic mass is 16.5. The summed E-state index contributed by atoms with van der Waals surface area (Å²) in [7, 11) is 3.13. The largest absolute Gasteiger partial charge is 0.497 e. The van der Waals surface area contributed by atoms with Crippen molar-refractivity contribution in [2.75, 3.05) is 14.2 Å². The van der Waals surface area contributed by atoms with Crippen LogP contribution >= 0.6 is 0 Å². The Balaban J connectivity index is 2.63. The summed E-state index contributed by atoms with van der Waals surface area (Å²) in [6.07, 6.45) is 1.52. The zero-order valence-corrected chi connectivity index (χ0v) is 11.5. The van der Waals surface area contributed by atoms with Crippen LogP contribution in [-0.2, 0) is 16.1 Å². The maximum absolute atomic E-state index is 11.9. The fourth-order valence-corrected chi connectivity index (χ4v) is 1.56. The van der Waals surface area contributed by atoms with E-state index in [1.54, 1.807) is 14.0 Å². The van der Waals surface area contributed by atoms with E-state index in [1.165, 1.54) is 13.2 Å². The SMILES string of the molecule is C=C/C(OC)=C(\C)C(=O)NCc1ccc(OC)cc1. The molecular weight excluding hydrogens is 242 g/mol. The number of hydrogen-bond acceptors (Lipinski definition) is 3. The number of benzene rings is 1. The molecule has 0 aliphatic rings. The normalized spacial score (nSPS) is 11.3. The van der Waals surface area contributed by atoms with Gasteiger partial charge in [0.05, 0.1) is 19.8 Å². The van der Waals surface area contributed by atoms with Gasteiger partial charge in [-0.05, 0) is 30.7 Å². The van der Waals surface area contributed by atoms with Crippen LogP contribution in [0.2, 0.25) is 0 Å². The van der Waals surface area contributed by atoms with Crippen molar-refractivity contribution in [3.8, 4) is 5.75 Å². The van der Waals surface area contributed by atoms with Crippen molar-refractivity contribution in [2.24, 2.45) is 0 Å². The number of carbonyl (C=O) groups excluding carboxylic acids is 1. The molecule has 1 amide bonds. The van der Waals surface area contributed by atoms with Gasteiger partial charge >= 0.3 is 0 Å². The molecule has 19 heavy (non-hydrogen) atoms. The zero-order valence-electron chi connectivity index (χ0n) is 11.5. The lowest BCUT2D eigenvalue weighted by atomic mass is 10.2. The van der Waals surface area contributed by atoms with E-state index in [0.717, 1.165) is 11.3 Å². The first-order chi connectivity index (χ1) is 9.12. The van der Waals surface area contributed by atoms with Gasteiger partial charge in [0.15, 0.2) is 0 Å². The standard InChI is InChI=1S/C15H19NO3/c1-5-14(19-4)11(2)15(17)16-10-12-6-8-13(18-3)9-7-12/h5-9H,1,10H2,2-4H3,(H,16,17)/b14-11-. The van der Waals surface area contributed by atoms with Crippen LogP contribution in [0.15, 0.2) is 48.3 Å². The lowest BCUT2D eigenvalue weighted by Crippen LogP contribution is -2.24. The van der Waals surface area contributed by atoms with E-state index >= 15 is 0 Å². The Morgan fingerprint density at radius 2 is 1.95 bits per heavy atom. The van der Waals surface area contributed by atoms with Crippen LogP contribution < -0.4 is 10.1 Å². The fraction of sp³-hybridized carbons (Fsp3) is 0.267. The van der Waals surface area contributed by atoms with Crippen molar-refractivity contribution in [2.45, 2.75) is 13.5 Å². The summed E-state index contributed by atoms with van der Waals surface area (Å²) < 4.78 is 10.1. The molecule has 1 rings (SSSR count). The minimum atomic E-state index is -0.174. The molecule has 0 heterocycles. The van der Waals surface area contributed by atoms with Crippen LogP contribution in [0.1, 0.15) is 12.5 Å². The molecule has 0 aliphatic heterocycles. The summed E-state index contributed by atoms with van der Waals surface area (Å²) >= 11 is 0. The third-order valence-electron chi connectivity index (χ3n) is 2.73. The number of carbonyl (C=O) groups is 1. The maximum Gasteiger partial charge on any atom is 0.250 e. The Morgan fingerprint density at radius 1 is 1.32 bits per heavy atom. The summed E-state index contributed by atoms with van der Waals surface area (Å²) in [5, 5.41) is 2.82. The number of amides is 1. The number of allylic oxidation sites excluding steroid dienone is 1. The third kappa shape index (κ3) is 4.17. The second kappa shape index (κ2) is 7.26. The van der Waals surface area contributed by atoms with E-state index in [9.17, 15) is 4.79 Å². The predicted molar refractivity (Wildman–Crippen MR) is 74.7 cm³/mol. The molecule has 0 atom stereocenters. The van der Waals surface area contributed by atoms with Crippen molar-refractivity contribution in [3.05, 3.63) is 53.8 Å². The van der Waals surface area contributed by atoms with Gasteiger partial charge in [0, 0.05) is 6.54 Å². The van der Waals surface area contributed by atoms with Crippen LogP contribution in [0.5, 0.6) is 5.75 Å². The average molecular weight is 261 g/mol. The lowest BCUT2D eigenvalue weighted by molar-refractivity contribution is -0.117. The smallest absolute Gasteiger partial charge is 0.250 e. The van der Waals surface area contributed by atoms with Crippen molar-refractivity contribution in [1.82, 2.24) is 5.32 Å². The van der Waals surface area contributed by atoms with Gasteiger partial charge in [-0.25, -0.2) is 0 Å². The molecule has 102 valence electrons. The minimum absolute atomic E-state index is 0.174. The van der Waals surface area contributed by atoms with E-state index in [1.807, 2.05) is 24.3 Å². The Hall–Kier alpha value is -2.23. The summed E-state index contributed by atoms with van der Waals surface area (Å²) in [6, 6.07) is 7.52. The van der Waals surface area contributed by atoms with Gasteiger partial charge in [-0.1, -0.05) is 18.7 Å². The maximum atomic E-state index is 11.9. The minimum Gasteiger partial charge on any atom is -0.497 e. The molecule has 0 saturated heterocycles. The molecule has 1 aromatic rings. The van der Waals surface area contributed by atoms with Gasteiger partial charge in [0.1, 0.15) is 11.5 Å². The third-order valence-corrected chi connectivity index (χ3v) is 2.73. The Bertz CT molecular complexity index is 475. The Morgan fingerprint density at radius 3 is 2.42 bits per heavy atom. The van der Waals surface area contributed by atoms with Gasteiger partial charge in [-0.2, -0.15) is 0 Å². The molecule has 4 heteroatoms. The van der Waals surface area contributed by atoms with Crippen molar-refractivity contribution in [3.63, 3.8) is 0 Å². The van der Waals surface area contributed by atoms with E-state index in [-0.39, 0.29) is 5.91 Å². The molecule has 4 nitrogen and oxygen atoms in total. The van der Waals surface area contributed by atoms with Crippen LogP contribution in [-0.4, -0.2) is 20.1 Å². The van der Waals surface area contributed by atoms with Gasteiger partial charge in [-0.15, -0.1) is 0 Å². The fourth-order valence-electron chi connectivity index (χ4n) is 1.56. The second-order valence-corrected chi connectivity index (χ2v) is 3.93. The molecule has 1 aromatic carbocycles. The highest BCUT2D eigenvalue weighted by molar-refractivity contribution is 5.93. The van der Waals surface area contributed by atoms with Gasteiger partial charge < -0.3 is 14.8 Å². The molecule has 0 radical (unpaired) electrons. The lowest BCUT2D eigenvalue weighted by Gasteiger charge is -2.09. The van der Waals surface area contributed by atoms with Gasteiger partial charge in [0.25, 0.3) is 5.91 Å². The zero-order chi connectivity index (χ0) is 14.3. The summed E-state index contributed by atoms with van der Waals surface area (Å²) in [4.78, 5) is 11.9. The van der Waals surface area contributed by atoms with Crippen LogP contribution in [0.25, 0.3) is 0 Å². The molecule has 0 saturated carbocycles. The topological polar surface area (TPSA) is 47.6 Å². The van der Waals surface area contributed by atoms with Crippen molar-refractivity contribution >= 4 is 5.91 Å². The molecule has 0 fully saturated rings. The van der Waals surface area contributed by atoms with Crippen molar-refractivity contribution in [1.29, 1.82) is 0 Å². The van der Waals surface area contributed by atoms with E-state index in [2.05, 4.69) is 11.9 Å². The average Bonchev–Trinajstić information content (AvgIpc) is 2.46. The van der Waals surface area contributed by atoms with Gasteiger partial charge in [0.2, 0.25) is 0 Å². The molecule has 1 N–H and O–H groups in total. The monoisotopic (exact) mass is 261 g/mol. The second-order valence-electron chi connectivity index (χ2n) is 3.93. The summed E-state index contributed by atoms with van der Waals surface area (Å²) in [5.74, 6) is 1.10. The molecule has 0 unspecified atom stereocenters. The molecule has 0 bridgehead atoms. The molecule has 0 spiro atoms.